The molecule has 0 aromatic heterocycles. The number of carboxylic acid groups (broad SMARTS) is 2. The lowest BCUT2D eigenvalue weighted by atomic mass is 9.92. The molecule has 0 aliphatic carbocycles. The van der Waals surface area contributed by atoms with E-state index in [9.17, 15) is 9.59 Å². The number of hydrogen-bond acceptors (Lipinski definition) is 3. The van der Waals surface area contributed by atoms with E-state index in [0.717, 1.165) is 0 Å². The molecule has 4 N–H and O–H groups in total. The number of carboxylic acids is 2. The average molecular weight is 292 g/mol. The summed E-state index contributed by atoms with van der Waals surface area (Å²) in [6, 6.07) is 3.19. The van der Waals surface area contributed by atoms with Crippen LogP contribution in [-0.4, -0.2) is 28.2 Å². The van der Waals surface area contributed by atoms with Gasteiger partial charge in [0.1, 0.15) is 6.04 Å². The van der Waals surface area contributed by atoms with Gasteiger partial charge >= 0.3 is 11.9 Å². The second kappa shape index (κ2) is 6.04. The minimum absolute atomic E-state index is 0.138. The highest BCUT2D eigenvalue weighted by Crippen LogP contribution is 2.27. The predicted octanol–water partition coefficient (Wildman–Crippen LogP) is 1.65. The van der Waals surface area contributed by atoms with Crippen LogP contribution in [0.1, 0.15) is 5.56 Å². The van der Waals surface area contributed by atoms with Crippen molar-refractivity contribution in [3.63, 3.8) is 0 Å². The topological polar surface area (TPSA) is 101 Å². The highest BCUT2D eigenvalue weighted by atomic mass is 35.5. The van der Waals surface area contributed by atoms with Crippen LogP contribution in [0.15, 0.2) is 18.2 Å². The molecule has 98 valence electrons. The van der Waals surface area contributed by atoms with E-state index in [-0.39, 0.29) is 16.5 Å². The summed E-state index contributed by atoms with van der Waals surface area (Å²) in [5.41, 5.74) is 5.72. The lowest BCUT2D eigenvalue weighted by molar-refractivity contribution is -0.149. The molecule has 7 heteroatoms. The molecule has 1 aromatic carbocycles. The molecule has 0 aliphatic rings. The Morgan fingerprint density at radius 1 is 1.17 bits per heavy atom. The molecule has 0 saturated heterocycles. The van der Waals surface area contributed by atoms with Crippen LogP contribution in [0.3, 0.4) is 0 Å². The molecule has 0 spiro atoms. The molecule has 0 amide bonds. The molecular weight excluding hydrogens is 281 g/mol. The van der Waals surface area contributed by atoms with E-state index < -0.39 is 23.9 Å². The maximum Gasteiger partial charge on any atom is 0.321 e. The highest BCUT2D eigenvalue weighted by molar-refractivity contribution is 6.36. The molecular formula is C11H11Cl2NO4. The Balaban J connectivity index is 3.05. The van der Waals surface area contributed by atoms with Gasteiger partial charge in [0.2, 0.25) is 0 Å². The molecule has 0 fully saturated rings. The maximum absolute atomic E-state index is 11.0. The summed E-state index contributed by atoms with van der Waals surface area (Å²) < 4.78 is 0. The Bertz CT molecular complexity index is 458. The van der Waals surface area contributed by atoms with Crippen LogP contribution in [0, 0.1) is 5.92 Å². The predicted molar refractivity (Wildman–Crippen MR) is 66.9 cm³/mol. The molecule has 0 heterocycles. The summed E-state index contributed by atoms with van der Waals surface area (Å²) in [6.45, 7) is 0. The fourth-order valence-corrected chi connectivity index (χ4v) is 2.04. The van der Waals surface area contributed by atoms with Gasteiger partial charge in [0.05, 0.1) is 5.92 Å². The monoisotopic (exact) mass is 291 g/mol. The quantitative estimate of drug-likeness (QED) is 0.766. The van der Waals surface area contributed by atoms with E-state index in [1.807, 2.05) is 0 Å². The molecule has 18 heavy (non-hydrogen) atoms. The van der Waals surface area contributed by atoms with Crippen LogP contribution >= 0.6 is 23.2 Å². The van der Waals surface area contributed by atoms with Crippen molar-refractivity contribution in [3.05, 3.63) is 33.8 Å². The van der Waals surface area contributed by atoms with Gasteiger partial charge in [-0.1, -0.05) is 29.3 Å². The Morgan fingerprint density at radius 2 is 1.67 bits per heavy atom. The fourth-order valence-electron chi connectivity index (χ4n) is 1.49. The van der Waals surface area contributed by atoms with Gasteiger partial charge in [0.25, 0.3) is 0 Å². The molecule has 0 bridgehead atoms. The summed E-state index contributed by atoms with van der Waals surface area (Å²) in [7, 11) is 0. The zero-order valence-corrected chi connectivity index (χ0v) is 10.6. The largest absolute Gasteiger partial charge is 0.481 e. The summed E-state index contributed by atoms with van der Waals surface area (Å²) in [5.74, 6) is -3.98. The molecule has 0 radical (unpaired) electrons. The van der Waals surface area contributed by atoms with Crippen molar-refractivity contribution in [2.24, 2.45) is 11.7 Å². The maximum atomic E-state index is 11.0. The molecule has 0 saturated carbocycles. The Hall–Kier alpha value is -1.30. The van der Waals surface area contributed by atoms with Crippen molar-refractivity contribution in [2.45, 2.75) is 12.5 Å². The van der Waals surface area contributed by atoms with Crippen molar-refractivity contribution in [2.75, 3.05) is 0 Å². The van der Waals surface area contributed by atoms with Gasteiger partial charge in [0.15, 0.2) is 0 Å². The fraction of sp³-hybridized carbons (Fsp3) is 0.273. The van der Waals surface area contributed by atoms with Crippen LogP contribution in [0.2, 0.25) is 10.0 Å². The molecule has 0 aliphatic heterocycles. The van der Waals surface area contributed by atoms with Gasteiger partial charge < -0.3 is 15.9 Å². The number of halogens is 2. The Morgan fingerprint density at radius 3 is 2.06 bits per heavy atom. The van der Waals surface area contributed by atoms with Gasteiger partial charge in [-0.05, 0) is 24.1 Å². The van der Waals surface area contributed by atoms with Crippen molar-refractivity contribution in [1.29, 1.82) is 0 Å². The zero-order valence-electron chi connectivity index (χ0n) is 9.14. The van der Waals surface area contributed by atoms with Crippen molar-refractivity contribution >= 4 is 35.1 Å². The van der Waals surface area contributed by atoms with E-state index >= 15 is 0 Å². The van der Waals surface area contributed by atoms with Crippen LogP contribution in [0.25, 0.3) is 0 Å². The SMILES string of the molecule is N[C@H](C(=O)O)C(Cc1c(Cl)cccc1Cl)C(=O)O. The Kier molecular flexibility index (Phi) is 4.95. The van der Waals surface area contributed by atoms with Crippen LogP contribution in [0.5, 0.6) is 0 Å². The number of hydrogen-bond donors (Lipinski definition) is 3. The lowest BCUT2D eigenvalue weighted by Gasteiger charge is -2.17. The van der Waals surface area contributed by atoms with Gasteiger partial charge in [-0.25, -0.2) is 0 Å². The first-order valence-electron chi connectivity index (χ1n) is 4.98. The number of benzene rings is 1. The third kappa shape index (κ3) is 3.35. The van der Waals surface area contributed by atoms with E-state index in [4.69, 9.17) is 39.1 Å². The third-order valence-corrected chi connectivity index (χ3v) is 3.23. The lowest BCUT2D eigenvalue weighted by Crippen LogP contribution is -2.43. The van der Waals surface area contributed by atoms with E-state index in [1.165, 1.54) is 0 Å². The van der Waals surface area contributed by atoms with E-state index in [0.29, 0.717) is 5.56 Å². The van der Waals surface area contributed by atoms with Gasteiger partial charge in [-0.2, -0.15) is 0 Å². The minimum Gasteiger partial charge on any atom is -0.481 e. The normalized spacial score (nSPS) is 13.9. The summed E-state index contributed by atoms with van der Waals surface area (Å²) in [5, 5.41) is 18.3. The van der Waals surface area contributed by atoms with Crippen LogP contribution in [0.4, 0.5) is 0 Å². The first kappa shape index (κ1) is 14.8. The second-order valence-corrected chi connectivity index (χ2v) is 4.53. The zero-order chi connectivity index (χ0) is 13.9. The molecule has 1 rings (SSSR count). The average Bonchev–Trinajstić information content (AvgIpc) is 2.27. The molecule has 5 nitrogen and oxygen atoms in total. The van der Waals surface area contributed by atoms with Crippen LogP contribution in [-0.2, 0) is 16.0 Å². The Labute approximate surface area is 113 Å². The van der Waals surface area contributed by atoms with Gasteiger partial charge in [0, 0.05) is 10.0 Å². The standard InChI is InChI=1S/C11H11Cl2NO4/c12-7-2-1-3-8(13)5(7)4-6(10(15)16)9(14)11(17)18/h1-3,6,9H,4,14H2,(H,15,16)(H,17,18)/t6?,9-/m0/s1. The number of rotatable bonds is 5. The van der Waals surface area contributed by atoms with Gasteiger partial charge in [-0.3, -0.25) is 9.59 Å². The summed E-state index contributed by atoms with van der Waals surface area (Å²) in [4.78, 5) is 21.8. The highest BCUT2D eigenvalue weighted by Gasteiger charge is 2.31. The summed E-state index contributed by atoms with van der Waals surface area (Å²) >= 11 is 11.8. The molecule has 2 atom stereocenters. The van der Waals surface area contributed by atoms with Crippen molar-refractivity contribution < 1.29 is 19.8 Å². The first-order valence-corrected chi connectivity index (χ1v) is 5.74. The van der Waals surface area contributed by atoms with Crippen LogP contribution < -0.4 is 5.73 Å². The number of carbonyl (C=O) groups is 2. The molecule has 1 aromatic rings. The van der Waals surface area contributed by atoms with E-state index in [1.54, 1.807) is 18.2 Å². The first-order chi connectivity index (χ1) is 8.34. The van der Waals surface area contributed by atoms with Crippen molar-refractivity contribution in [1.82, 2.24) is 0 Å². The summed E-state index contributed by atoms with van der Waals surface area (Å²) in [6.07, 6.45) is -0.138. The van der Waals surface area contributed by atoms with E-state index in [2.05, 4.69) is 0 Å². The molecule has 1 unspecified atom stereocenters. The minimum atomic E-state index is -1.52. The number of aliphatic carboxylic acids is 2. The van der Waals surface area contributed by atoms with Gasteiger partial charge in [-0.15, -0.1) is 0 Å². The number of nitrogens with two attached hydrogens (primary N) is 1. The third-order valence-electron chi connectivity index (χ3n) is 2.52. The van der Waals surface area contributed by atoms with Crippen molar-refractivity contribution in [3.8, 4) is 0 Å². The smallest absolute Gasteiger partial charge is 0.321 e. The second-order valence-electron chi connectivity index (χ2n) is 3.71.